The van der Waals surface area contributed by atoms with Crippen molar-refractivity contribution in [3.05, 3.63) is 35.9 Å². The monoisotopic (exact) mass is 186 g/mol. The first-order chi connectivity index (χ1) is 6.93. The lowest BCUT2D eigenvalue weighted by Crippen LogP contribution is -1.81. The first-order valence-corrected chi connectivity index (χ1v) is 5.43. The molecule has 0 atom stereocenters. The number of hydrogen-bond donors (Lipinski definition) is 0. The third kappa shape index (κ3) is 4.72. The highest BCUT2D eigenvalue weighted by molar-refractivity contribution is 5.16. The summed E-state index contributed by atoms with van der Waals surface area (Å²) in [6.45, 7) is 2.20. The van der Waals surface area contributed by atoms with E-state index in [0.29, 0.717) is 0 Å². The molecule has 0 aliphatic carbocycles. The van der Waals surface area contributed by atoms with E-state index in [9.17, 15) is 0 Å². The third-order valence-electron chi connectivity index (χ3n) is 2.16. The van der Waals surface area contributed by atoms with Crippen LogP contribution in [0.15, 0.2) is 30.3 Å². The number of aryl methyl sites for hydroxylation is 1. The van der Waals surface area contributed by atoms with Crippen molar-refractivity contribution in [3.8, 4) is 11.8 Å². The Hall–Kier alpha value is -1.22. The zero-order valence-electron chi connectivity index (χ0n) is 8.92. The van der Waals surface area contributed by atoms with Gasteiger partial charge in [0.1, 0.15) is 0 Å². The summed E-state index contributed by atoms with van der Waals surface area (Å²) in [5.41, 5.74) is 1.39. The zero-order valence-corrected chi connectivity index (χ0v) is 8.92. The second-order valence-electron chi connectivity index (χ2n) is 3.44. The fourth-order valence-corrected chi connectivity index (χ4v) is 1.29. The van der Waals surface area contributed by atoms with Crippen molar-refractivity contribution in [2.75, 3.05) is 0 Å². The molecule has 0 amide bonds. The van der Waals surface area contributed by atoms with Crippen LogP contribution in [-0.4, -0.2) is 0 Å². The van der Waals surface area contributed by atoms with Crippen molar-refractivity contribution in [2.45, 2.75) is 39.0 Å². The highest BCUT2D eigenvalue weighted by Crippen LogP contribution is 2.01. The van der Waals surface area contributed by atoms with E-state index in [0.717, 1.165) is 19.3 Å². The molecule has 1 aromatic rings. The van der Waals surface area contributed by atoms with E-state index < -0.39 is 0 Å². The van der Waals surface area contributed by atoms with Crippen LogP contribution < -0.4 is 0 Å². The summed E-state index contributed by atoms with van der Waals surface area (Å²) < 4.78 is 0. The Labute approximate surface area is 87.4 Å². The molecule has 1 rings (SSSR count). The highest BCUT2D eigenvalue weighted by atomic mass is 13.9. The standard InChI is InChI=1S/C14H18/c1-2-3-4-5-6-8-11-14-12-9-7-10-13-14/h7,9-10,12-13H,2-4,8,11H2,1H3. The number of benzene rings is 1. The average molecular weight is 186 g/mol. The molecule has 0 bridgehead atoms. The highest BCUT2D eigenvalue weighted by Gasteiger charge is 1.87. The summed E-state index contributed by atoms with van der Waals surface area (Å²) >= 11 is 0. The lowest BCUT2D eigenvalue weighted by molar-refractivity contribution is 0.827. The van der Waals surface area contributed by atoms with Gasteiger partial charge >= 0.3 is 0 Å². The van der Waals surface area contributed by atoms with E-state index >= 15 is 0 Å². The Morgan fingerprint density at radius 3 is 2.43 bits per heavy atom. The molecule has 0 heterocycles. The number of rotatable bonds is 4. The van der Waals surface area contributed by atoms with Crippen LogP contribution in [0.3, 0.4) is 0 Å². The van der Waals surface area contributed by atoms with E-state index in [2.05, 4.69) is 49.1 Å². The minimum Gasteiger partial charge on any atom is -0.103 e. The second-order valence-corrected chi connectivity index (χ2v) is 3.44. The molecule has 0 aromatic heterocycles. The molecule has 0 radical (unpaired) electrons. The lowest BCUT2D eigenvalue weighted by Gasteiger charge is -1.94. The smallest absolute Gasteiger partial charge is 0.0129 e. The first kappa shape index (κ1) is 10.9. The zero-order chi connectivity index (χ0) is 10.1. The van der Waals surface area contributed by atoms with Gasteiger partial charge in [-0.05, 0) is 18.4 Å². The van der Waals surface area contributed by atoms with Crippen LogP contribution in [0.25, 0.3) is 0 Å². The Morgan fingerprint density at radius 1 is 1.00 bits per heavy atom. The predicted octanol–water partition coefficient (Wildman–Crippen LogP) is 3.81. The number of hydrogen-bond acceptors (Lipinski definition) is 0. The van der Waals surface area contributed by atoms with Gasteiger partial charge in [-0.1, -0.05) is 43.7 Å². The second kappa shape index (κ2) is 7.21. The molecule has 0 aliphatic rings. The van der Waals surface area contributed by atoms with Gasteiger partial charge in [-0.3, -0.25) is 0 Å². The molecule has 0 N–H and O–H groups in total. The Kier molecular flexibility index (Phi) is 5.59. The van der Waals surface area contributed by atoms with E-state index in [1.807, 2.05) is 0 Å². The molecule has 0 saturated heterocycles. The van der Waals surface area contributed by atoms with Gasteiger partial charge < -0.3 is 0 Å². The minimum absolute atomic E-state index is 0.994. The van der Waals surface area contributed by atoms with Crippen molar-refractivity contribution in [1.29, 1.82) is 0 Å². The van der Waals surface area contributed by atoms with Gasteiger partial charge in [-0.15, -0.1) is 11.8 Å². The fraction of sp³-hybridized carbons (Fsp3) is 0.429. The van der Waals surface area contributed by atoms with Crippen LogP contribution in [0.4, 0.5) is 0 Å². The lowest BCUT2D eigenvalue weighted by atomic mass is 10.1. The van der Waals surface area contributed by atoms with Crippen molar-refractivity contribution in [1.82, 2.24) is 0 Å². The molecular weight excluding hydrogens is 168 g/mol. The normalized spacial score (nSPS) is 9.21. The topological polar surface area (TPSA) is 0 Å². The van der Waals surface area contributed by atoms with Gasteiger partial charge in [0.05, 0.1) is 0 Å². The van der Waals surface area contributed by atoms with Gasteiger partial charge in [-0.2, -0.15) is 0 Å². The molecule has 0 nitrogen and oxygen atoms in total. The van der Waals surface area contributed by atoms with Crippen molar-refractivity contribution >= 4 is 0 Å². The molecule has 0 heteroatoms. The summed E-state index contributed by atoms with van der Waals surface area (Å²) in [6.07, 6.45) is 5.62. The van der Waals surface area contributed by atoms with Crippen molar-refractivity contribution in [3.63, 3.8) is 0 Å². The molecule has 0 unspecified atom stereocenters. The Bertz CT molecular complexity index is 287. The molecule has 1 aromatic carbocycles. The molecule has 0 saturated carbocycles. The molecular formula is C14H18. The molecule has 0 spiro atoms. The maximum atomic E-state index is 3.22. The van der Waals surface area contributed by atoms with Crippen molar-refractivity contribution < 1.29 is 0 Å². The summed E-state index contributed by atoms with van der Waals surface area (Å²) in [5.74, 6) is 6.43. The van der Waals surface area contributed by atoms with Crippen LogP contribution >= 0.6 is 0 Å². The Morgan fingerprint density at radius 2 is 1.71 bits per heavy atom. The van der Waals surface area contributed by atoms with Gasteiger partial charge in [0.15, 0.2) is 0 Å². The maximum absolute atomic E-state index is 3.22. The summed E-state index contributed by atoms with van der Waals surface area (Å²) in [6, 6.07) is 10.5. The molecule has 74 valence electrons. The van der Waals surface area contributed by atoms with Crippen LogP contribution in [-0.2, 0) is 6.42 Å². The largest absolute Gasteiger partial charge is 0.103 e. The molecule has 14 heavy (non-hydrogen) atoms. The summed E-state index contributed by atoms with van der Waals surface area (Å²) in [7, 11) is 0. The molecule has 0 fully saturated rings. The SMILES string of the molecule is CCCCC#CCCc1ccccc1. The maximum Gasteiger partial charge on any atom is 0.0129 e. The van der Waals surface area contributed by atoms with E-state index in [1.54, 1.807) is 0 Å². The first-order valence-electron chi connectivity index (χ1n) is 5.43. The van der Waals surface area contributed by atoms with E-state index in [4.69, 9.17) is 0 Å². The van der Waals surface area contributed by atoms with E-state index in [-0.39, 0.29) is 0 Å². The van der Waals surface area contributed by atoms with Crippen molar-refractivity contribution in [2.24, 2.45) is 0 Å². The van der Waals surface area contributed by atoms with Gasteiger partial charge in [-0.25, -0.2) is 0 Å². The van der Waals surface area contributed by atoms with Crippen LogP contribution in [0, 0.1) is 11.8 Å². The molecule has 0 aliphatic heterocycles. The summed E-state index contributed by atoms with van der Waals surface area (Å²) in [4.78, 5) is 0. The van der Waals surface area contributed by atoms with Gasteiger partial charge in [0, 0.05) is 12.8 Å². The fourth-order valence-electron chi connectivity index (χ4n) is 1.29. The van der Waals surface area contributed by atoms with Gasteiger partial charge in [0.2, 0.25) is 0 Å². The van der Waals surface area contributed by atoms with Gasteiger partial charge in [0.25, 0.3) is 0 Å². The Balaban J connectivity index is 2.17. The average Bonchev–Trinajstić information content (AvgIpc) is 2.25. The predicted molar refractivity (Wildman–Crippen MR) is 62.1 cm³/mol. The van der Waals surface area contributed by atoms with Crippen LogP contribution in [0.5, 0.6) is 0 Å². The number of unbranched alkanes of at least 4 members (excludes halogenated alkanes) is 2. The minimum atomic E-state index is 0.994. The summed E-state index contributed by atoms with van der Waals surface area (Å²) in [5, 5.41) is 0. The quantitative estimate of drug-likeness (QED) is 0.495. The third-order valence-corrected chi connectivity index (χ3v) is 2.16. The van der Waals surface area contributed by atoms with Crippen LogP contribution in [0.1, 0.15) is 38.2 Å². The van der Waals surface area contributed by atoms with Crippen LogP contribution in [0.2, 0.25) is 0 Å². The van der Waals surface area contributed by atoms with E-state index in [1.165, 1.54) is 18.4 Å².